The summed E-state index contributed by atoms with van der Waals surface area (Å²) in [7, 11) is 0. The Kier molecular flexibility index (Phi) is 4.46. The van der Waals surface area contributed by atoms with Crippen LogP contribution < -0.4 is 5.32 Å². The standard InChI is InChI=1S/C21H16ClFN2O2/c1-13-9-19-15(11-20(23)27-19)10-16(13)14-5-4-8-25(12-14)21(26)24-18-7-3-2-6-17(18)22/h2-11H,12H2,1H3,(H,24,26). The maximum Gasteiger partial charge on any atom is 0.326 e. The average Bonchev–Trinajstić information content (AvgIpc) is 3.02. The number of hydrogen-bond acceptors (Lipinski definition) is 2. The van der Waals surface area contributed by atoms with Crippen molar-refractivity contribution in [3.63, 3.8) is 0 Å². The van der Waals surface area contributed by atoms with Crippen molar-refractivity contribution in [2.45, 2.75) is 6.92 Å². The highest BCUT2D eigenvalue weighted by Crippen LogP contribution is 2.29. The van der Waals surface area contributed by atoms with E-state index in [1.165, 1.54) is 6.07 Å². The Hall–Kier alpha value is -3.05. The van der Waals surface area contributed by atoms with Gasteiger partial charge in [0.1, 0.15) is 5.58 Å². The van der Waals surface area contributed by atoms with Gasteiger partial charge in [0.05, 0.1) is 17.3 Å². The van der Waals surface area contributed by atoms with Gasteiger partial charge in [0, 0.05) is 17.7 Å². The smallest absolute Gasteiger partial charge is 0.326 e. The maximum atomic E-state index is 13.4. The minimum absolute atomic E-state index is 0.280. The second-order valence-corrected chi connectivity index (χ2v) is 6.73. The lowest BCUT2D eigenvalue weighted by Gasteiger charge is -2.24. The number of nitrogens with zero attached hydrogens (tertiary/aromatic N) is 1. The number of carbonyl (C=O) groups is 1. The van der Waals surface area contributed by atoms with Crippen LogP contribution in [-0.2, 0) is 0 Å². The van der Waals surface area contributed by atoms with Gasteiger partial charge in [-0.1, -0.05) is 29.8 Å². The minimum Gasteiger partial charge on any atom is -0.431 e. The van der Waals surface area contributed by atoms with Gasteiger partial charge < -0.3 is 9.73 Å². The first-order chi connectivity index (χ1) is 13.0. The van der Waals surface area contributed by atoms with Crippen LogP contribution in [0.15, 0.2) is 65.2 Å². The third-order valence-corrected chi connectivity index (χ3v) is 4.79. The number of allylic oxidation sites excluding steroid dienone is 2. The van der Waals surface area contributed by atoms with Gasteiger partial charge in [0.15, 0.2) is 0 Å². The molecule has 2 aromatic carbocycles. The first kappa shape index (κ1) is 17.4. The average molecular weight is 383 g/mol. The summed E-state index contributed by atoms with van der Waals surface area (Å²) in [6.45, 7) is 2.32. The van der Waals surface area contributed by atoms with Crippen molar-refractivity contribution in [3.05, 3.63) is 83.0 Å². The molecule has 0 aliphatic carbocycles. The quantitative estimate of drug-likeness (QED) is 0.592. The number of anilines is 1. The molecule has 0 bridgehead atoms. The summed E-state index contributed by atoms with van der Waals surface area (Å²) in [6, 6.07) is 11.2. The van der Waals surface area contributed by atoms with Crippen molar-refractivity contribution in [1.82, 2.24) is 4.90 Å². The number of furan rings is 1. The number of rotatable bonds is 2. The van der Waals surface area contributed by atoms with Crippen LogP contribution in [0.2, 0.25) is 5.02 Å². The molecule has 1 aliphatic rings. The Labute approximate surface area is 160 Å². The molecule has 3 aromatic rings. The molecule has 0 saturated carbocycles. The van der Waals surface area contributed by atoms with E-state index in [1.54, 1.807) is 35.4 Å². The second kappa shape index (κ2) is 6.93. The van der Waals surface area contributed by atoms with Crippen molar-refractivity contribution in [2.75, 3.05) is 11.9 Å². The molecule has 1 aromatic heterocycles. The van der Waals surface area contributed by atoms with Gasteiger partial charge in [-0.05, 0) is 54.0 Å². The van der Waals surface area contributed by atoms with Crippen molar-refractivity contribution in [1.29, 1.82) is 0 Å². The van der Waals surface area contributed by atoms with E-state index in [-0.39, 0.29) is 6.03 Å². The third-order valence-electron chi connectivity index (χ3n) is 4.46. The largest absolute Gasteiger partial charge is 0.431 e. The van der Waals surface area contributed by atoms with Crippen LogP contribution >= 0.6 is 11.6 Å². The molecule has 1 N–H and O–H groups in total. The minimum atomic E-state index is -0.611. The predicted octanol–water partition coefficient (Wildman–Crippen LogP) is 5.98. The summed E-state index contributed by atoms with van der Waals surface area (Å²) in [4.78, 5) is 14.2. The van der Waals surface area contributed by atoms with Gasteiger partial charge in [0.25, 0.3) is 6.01 Å². The number of para-hydroxylation sites is 1. The van der Waals surface area contributed by atoms with E-state index >= 15 is 0 Å². The Morgan fingerprint density at radius 3 is 2.89 bits per heavy atom. The van der Waals surface area contributed by atoms with E-state index in [9.17, 15) is 9.18 Å². The van der Waals surface area contributed by atoms with Crippen LogP contribution in [0.25, 0.3) is 16.5 Å². The van der Waals surface area contributed by atoms with E-state index in [0.717, 1.165) is 16.7 Å². The predicted molar refractivity (Wildman–Crippen MR) is 105 cm³/mol. The summed E-state index contributed by atoms with van der Waals surface area (Å²) in [5.74, 6) is 0. The highest BCUT2D eigenvalue weighted by Gasteiger charge is 2.19. The number of aryl methyl sites for hydroxylation is 1. The normalized spacial score (nSPS) is 13.7. The van der Waals surface area contributed by atoms with Crippen molar-refractivity contribution >= 4 is 39.9 Å². The number of carbonyl (C=O) groups excluding carboxylic acids is 1. The second-order valence-electron chi connectivity index (χ2n) is 6.33. The van der Waals surface area contributed by atoms with E-state index < -0.39 is 6.01 Å². The van der Waals surface area contributed by atoms with Crippen LogP contribution in [0.3, 0.4) is 0 Å². The summed E-state index contributed by atoms with van der Waals surface area (Å²) < 4.78 is 18.4. The Morgan fingerprint density at radius 1 is 1.26 bits per heavy atom. The lowest BCUT2D eigenvalue weighted by molar-refractivity contribution is 0.232. The van der Waals surface area contributed by atoms with Gasteiger partial charge in [-0.3, -0.25) is 4.90 Å². The summed E-state index contributed by atoms with van der Waals surface area (Å²) in [6.07, 6.45) is 5.47. The van der Waals surface area contributed by atoms with Gasteiger partial charge in [-0.25, -0.2) is 4.79 Å². The molecule has 2 heterocycles. The number of benzene rings is 2. The van der Waals surface area contributed by atoms with Crippen LogP contribution in [0.1, 0.15) is 11.1 Å². The molecule has 2 amide bonds. The molecular formula is C21H16ClFN2O2. The Morgan fingerprint density at radius 2 is 2.07 bits per heavy atom. The zero-order valence-corrected chi connectivity index (χ0v) is 15.3. The van der Waals surface area contributed by atoms with Crippen LogP contribution in [0.4, 0.5) is 14.9 Å². The zero-order valence-electron chi connectivity index (χ0n) is 14.5. The molecule has 136 valence electrons. The first-order valence-corrected chi connectivity index (χ1v) is 8.78. The number of nitrogens with one attached hydrogen (secondary N) is 1. The molecule has 0 radical (unpaired) electrons. The van der Waals surface area contributed by atoms with E-state index in [0.29, 0.717) is 28.2 Å². The molecule has 4 rings (SSSR count). The fraction of sp³-hybridized carbons (Fsp3) is 0.0952. The highest BCUT2D eigenvalue weighted by atomic mass is 35.5. The Balaban J connectivity index is 1.57. The van der Waals surface area contributed by atoms with Crippen LogP contribution in [0, 0.1) is 12.9 Å². The summed E-state index contributed by atoms with van der Waals surface area (Å²) in [5.41, 5.74) is 3.91. The molecule has 6 heteroatoms. The topological polar surface area (TPSA) is 45.5 Å². The number of fused-ring (bicyclic) bond motifs is 1. The molecular weight excluding hydrogens is 367 g/mol. The van der Waals surface area contributed by atoms with E-state index in [2.05, 4.69) is 5.32 Å². The number of urea groups is 1. The molecule has 0 spiro atoms. The van der Waals surface area contributed by atoms with Crippen LogP contribution in [0.5, 0.6) is 0 Å². The van der Waals surface area contributed by atoms with E-state index in [1.807, 2.05) is 31.2 Å². The lowest BCUT2D eigenvalue weighted by atomic mass is 9.97. The third kappa shape index (κ3) is 3.46. The molecule has 4 nitrogen and oxygen atoms in total. The summed E-state index contributed by atoms with van der Waals surface area (Å²) in [5, 5.41) is 3.98. The fourth-order valence-electron chi connectivity index (χ4n) is 3.12. The zero-order chi connectivity index (χ0) is 19.0. The molecule has 0 unspecified atom stereocenters. The molecule has 0 saturated heterocycles. The highest BCUT2D eigenvalue weighted by molar-refractivity contribution is 6.33. The Bertz CT molecular complexity index is 1100. The van der Waals surface area contributed by atoms with Gasteiger partial charge in [-0.15, -0.1) is 0 Å². The molecule has 1 aliphatic heterocycles. The van der Waals surface area contributed by atoms with Crippen molar-refractivity contribution in [2.24, 2.45) is 0 Å². The van der Waals surface area contributed by atoms with Gasteiger partial charge in [-0.2, -0.15) is 4.39 Å². The summed E-state index contributed by atoms with van der Waals surface area (Å²) >= 11 is 6.11. The number of halogens is 2. The van der Waals surface area contributed by atoms with E-state index in [4.69, 9.17) is 16.0 Å². The fourth-order valence-corrected chi connectivity index (χ4v) is 3.30. The molecule has 0 atom stereocenters. The van der Waals surface area contributed by atoms with Gasteiger partial charge in [0.2, 0.25) is 0 Å². The lowest BCUT2D eigenvalue weighted by Crippen LogP contribution is -2.33. The SMILES string of the molecule is Cc1cc2oc(F)cc2cc1C1=CC=CN(C(=O)Nc2ccccc2Cl)C1. The van der Waals surface area contributed by atoms with Crippen molar-refractivity contribution in [3.8, 4) is 0 Å². The number of hydrogen-bond donors (Lipinski definition) is 1. The monoisotopic (exact) mass is 382 g/mol. The first-order valence-electron chi connectivity index (χ1n) is 8.41. The maximum absolute atomic E-state index is 13.4. The van der Waals surface area contributed by atoms with Crippen molar-refractivity contribution < 1.29 is 13.6 Å². The van der Waals surface area contributed by atoms with Gasteiger partial charge >= 0.3 is 6.03 Å². The molecule has 0 fully saturated rings. The number of amides is 2. The van der Waals surface area contributed by atoms with Crippen LogP contribution in [-0.4, -0.2) is 17.5 Å². The molecule has 27 heavy (non-hydrogen) atoms.